The number of nitrogens with one attached hydrogen (secondary N) is 1. The van der Waals surface area contributed by atoms with Gasteiger partial charge in [0, 0.05) is 28.5 Å². The predicted octanol–water partition coefficient (Wildman–Crippen LogP) is 5.04. The molecule has 0 unspecified atom stereocenters. The first-order valence-corrected chi connectivity index (χ1v) is 12.2. The Morgan fingerprint density at radius 1 is 1.03 bits per heavy atom. The van der Waals surface area contributed by atoms with Gasteiger partial charge in [0.05, 0.1) is 20.8 Å². The second-order valence-corrected chi connectivity index (χ2v) is 8.77. The highest BCUT2D eigenvalue weighted by atomic mass is 32.1. The second kappa shape index (κ2) is 11.2. The van der Waals surface area contributed by atoms with Crippen LogP contribution in [-0.4, -0.2) is 39.3 Å². The van der Waals surface area contributed by atoms with E-state index in [0.29, 0.717) is 39.0 Å². The number of hydrogen-bond acceptors (Lipinski definition) is 9. The van der Waals surface area contributed by atoms with Crippen molar-refractivity contribution in [2.75, 3.05) is 32.8 Å². The van der Waals surface area contributed by atoms with Crippen molar-refractivity contribution in [1.29, 1.82) is 0 Å². The Balaban J connectivity index is 1.56. The molecule has 0 saturated carbocycles. The van der Waals surface area contributed by atoms with E-state index in [0.717, 1.165) is 10.9 Å². The summed E-state index contributed by atoms with van der Waals surface area (Å²) in [5.41, 5.74) is 2.20. The minimum absolute atomic E-state index is 0.175. The number of rotatable bonds is 9. The van der Waals surface area contributed by atoms with Gasteiger partial charge in [-0.15, -0.1) is 11.3 Å². The highest BCUT2D eigenvalue weighted by Crippen LogP contribution is 2.39. The number of carbonyl (C=O) groups excluding carboxylic acids is 2. The summed E-state index contributed by atoms with van der Waals surface area (Å²) in [6.07, 6.45) is 0. The van der Waals surface area contributed by atoms with Crippen LogP contribution in [0, 0.1) is 6.92 Å². The third kappa shape index (κ3) is 5.59. The molecule has 0 fully saturated rings. The minimum atomic E-state index is -0.565. The fourth-order valence-electron chi connectivity index (χ4n) is 3.78. The number of methoxy groups -OCH3 is 2. The van der Waals surface area contributed by atoms with Gasteiger partial charge in [0.1, 0.15) is 21.9 Å². The van der Waals surface area contributed by atoms with Gasteiger partial charge in [-0.25, -0.2) is 9.59 Å². The number of thiophene rings is 1. The van der Waals surface area contributed by atoms with Crippen LogP contribution in [0.25, 0.3) is 22.1 Å². The Labute approximate surface area is 216 Å². The summed E-state index contributed by atoms with van der Waals surface area (Å²) < 4.78 is 26.8. The lowest BCUT2D eigenvalue weighted by molar-refractivity contribution is -0.118. The molecule has 9 nitrogen and oxygen atoms in total. The molecular formula is C27H25NO8S. The second-order valence-electron chi connectivity index (χ2n) is 7.89. The fourth-order valence-corrected chi connectivity index (χ4v) is 4.75. The molecule has 1 N–H and O–H groups in total. The number of aryl methyl sites for hydroxylation is 1. The number of esters is 1. The van der Waals surface area contributed by atoms with Crippen molar-refractivity contribution in [3.63, 3.8) is 0 Å². The molecule has 0 atom stereocenters. The van der Waals surface area contributed by atoms with Gasteiger partial charge < -0.3 is 28.7 Å². The zero-order valence-electron chi connectivity index (χ0n) is 20.7. The molecule has 37 heavy (non-hydrogen) atoms. The number of ether oxygens (including phenoxy) is 4. The van der Waals surface area contributed by atoms with E-state index in [-0.39, 0.29) is 18.8 Å². The third-order valence-corrected chi connectivity index (χ3v) is 6.41. The Kier molecular flexibility index (Phi) is 7.78. The fraction of sp³-hybridized carbons (Fsp3) is 0.222. The summed E-state index contributed by atoms with van der Waals surface area (Å²) in [7, 11) is 3.06. The third-order valence-electron chi connectivity index (χ3n) is 5.51. The highest BCUT2D eigenvalue weighted by Gasteiger charge is 2.24. The molecule has 0 bridgehead atoms. The standard InChI is InChI=1S/C27H25NO8S/c1-5-34-27(31)25-19(16-6-9-20(32-3)22(11-16)33-4)14-37-26(25)28-23(29)13-35-17-7-8-18-15(2)10-24(30)36-21(18)12-17/h6-12,14H,5,13H2,1-4H3,(H,28,29). The largest absolute Gasteiger partial charge is 0.493 e. The maximum Gasteiger partial charge on any atom is 0.341 e. The van der Waals surface area contributed by atoms with E-state index in [1.807, 2.05) is 6.92 Å². The van der Waals surface area contributed by atoms with E-state index < -0.39 is 17.5 Å². The Morgan fingerprint density at radius 2 is 1.81 bits per heavy atom. The van der Waals surface area contributed by atoms with Gasteiger partial charge in [0.2, 0.25) is 0 Å². The first kappa shape index (κ1) is 25.8. The van der Waals surface area contributed by atoms with Crippen molar-refractivity contribution in [2.24, 2.45) is 0 Å². The minimum Gasteiger partial charge on any atom is -0.493 e. The monoisotopic (exact) mass is 523 g/mol. The normalized spacial score (nSPS) is 10.7. The number of anilines is 1. The van der Waals surface area contributed by atoms with Crippen molar-refractivity contribution < 1.29 is 33.0 Å². The molecule has 1 amide bonds. The van der Waals surface area contributed by atoms with Gasteiger partial charge >= 0.3 is 11.6 Å². The number of carbonyl (C=O) groups is 2. The summed E-state index contributed by atoms with van der Waals surface area (Å²) >= 11 is 1.19. The van der Waals surface area contributed by atoms with E-state index in [2.05, 4.69) is 5.32 Å². The van der Waals surface area contributed by atoms with Crippen molar-refractivity contribution >= 4 is 39.2 Å². The summed E-state index contributed by atoms with van der Waals surface area (Å²) in [4.78, 5) is 37.2. The van der Waals surface area contributed by atoms with Gasteiger partial charge in [-0.3, -0.25) is 4.79 Å². The van der Waals surface area contributed by atoms with Crippen LogP contribution in [-0.2, 0) is 9.53 Å². The molecule has 2 heterocycles. The van der Waals surface area contributed by atoms with E-state index >= 15 is 0 Å². The topological polar surface area (TPSA) is 113 Å². The first-order chi connectivity index (χ1) is 17.8. The molecule has 2 aromatic carbocycles. The van der Waals surface area contributed by atoms with E-state index in [1.165, 1.54) is 31.6 Å². The summed E-state index contributed by atoms with van der Waals surface area (Å²) in [6, 6.07) is 11.7. The lowest BCUT2D eigenvalue weighted by Crippen LogP contribution is -2.21. The zero-order chi connectivity index (χ0) is 26.5. The van der Waals surface area contributed by atoms with Crippen LogP contribution in [0.5, 0.6) is 17.2 Å². The quantitative estimate of drug-likeness (QED) is 0.240. The average molecular weight is 524 g/mol. The van der Waals surface area contributed by atoms with Crippen LogP contribution >= 0.6 is 11.3 Å². The molecular weight excluding hydrogens is 498 g/mol. The van der Waals surface area contributed by atoms with Gasteiger partial charge in [-0.05, 0) is 49.2 Å². The van der Waals surface area contributed by atoms with Crippen molar-refractivity contribution in [1.82, 2.24) is 0 Å². The zero-order valence-corrected chi connectivity index (χ0v) is 21.5. The number of hydrogen-bond donors (Lipinski definition) is 1. The summed E-state index contributed by atoms with van der Waals surface area (Å²) in [6.45, 7) is 3.37. The molecule has 0 aliphatic rings. The van der Waals surface area contributed by atoms with Crippen LogP contribution in [0.4, 0.5) is 5.00 Å². The lowest BCUT2D eigenvalue weighted by atomic mass is 10.0. The Bertz CT molecular complexity index is 1520. The molecule has 0 aliphatic carbocycles. The molecule has 2 aromatic heterocycles. The molecule has 0 radical (unpaired) electrons. The summed E-state index contributed by atoms with van der Waals surface area (Å²) in [5.74, 6) is 0.371. The van der Waals surface area contributed by atoms with Crippen LogP contribution in [0.3, 0.4) is 0 Å². The van der Waals surface area contributed by atoms with E-state index in [4.69, 9.17) is 23.4 Å². The van der Waals surface area contributed by atoms with Crippen LogP contribution in [0.1, 0.15) is 22.8 Å². The molecule has 192 valence electrons. The van der Waals surface area contributed by atoms with Gasteiger partial charge in [0.25, 0.3) is 5.91 Å². The van der Waals surface area contributed by atoms with Crippen molar-refractivity contribution in [2.45, 2.75) is 13.8 Å². The molecule has 0 saturated heterocycles. The first-order valence-electron chi connectivity index (χ1n) is 11.3. The van der Waals surface area contributed by atoms with Gasteiger partial charge in [0.15, 0.2) is 18.1 Å². The van der Waals surface area contributed by atoms with E-state index in [1.54, 1.807) is 48.7 Å². The van der Waals surface area contributed by atoms with E-state index in [9.17, 15) is 14.4 Å². The summed E-state index contributed by atoms with van der Waals surface area (Å²) in [5, 5.41) is 5.61. The SMILES string of the molecule is CCOC(=O)c1c(-c2ccc(OC)c(OC)c2)csc1NC(=O)COc1ccc2c(C)cc(=O)oc2c1. The molecule has 0 aliphatic heterocycles. The number of amides is 1. The lowest BCUT2D eigenvalue weighted by Gasteiger charge is -2.12. The smallest absolute Gasteiger partial charge is 0.341 e. The maximum absolute atomic E-state index is 12.8. The molecule has 0 spiro atoms. The molecule has 4 rings (SSSR count). The number of fused-ring (bicyclic) bond motifs is 1. The molecule has 4 aromatic rings. The predicted molar refractivity (Wildman–Crippen MR) is 140 cm³/mol. The Hall–Kier alpha value is -4.31. The molecule has 10 heteroatoms. The van der Waals surface area contributed by atoms with Gasteiger partial charge in [-0.1, -0.05) is 6.07 Å². The van der Waals surface area contributed by atoms with Crippen molar-refractivity contribution in [3.05, 3.63) is 69.4 Å². The van der Waals surface area contributed by atoms with Crippen LogP contribution in [0.2, 0.25) is 0 Å². The average Bonchev–Trinajstić information content (AvgIpc) is 3.30. The Morgan fingerprint density at radius 3 is 2.54 bits per heavy atom. The van der Waals surface area contributed by atoms with Crippen LogP contribution in [0.15, 0.2) is 57.1 Å². The maximum atomic E-state index is 12.8. The van der Waals surface area contributed by atoms with Crippen molar-refractivity contribution in [3.8, 4) is 28.4 Å². The highest BCUT2D eigenvalue weighted by molar-refractivity contribution is 7.15. The number of benzene rings is 2. The van der Waals surface area contributed by atoms with Crippen LogP contribution < -0.4 is 25.2 Å². The van der Waals surface area contributed by atoms with Gasteiger partial charge in [-0.2, -0.15) is 0 Å².